The van der Waals surface area contributed by atoms with Crippen LogP contribution in [0.3, 0.4) is 0 Å². The van der Waals surface area contributed by atoms with E-state index in [2.05, 4.69) is 0 Å². The van der Waals surface area contributed by atoms with Crippen LogP contribution in [0.5, 0.6) is 0 Å². The molecule has 6 heteroatoms. The molecule has 1 aliphatic rings. The molecule has 0 spiro atoms. The number of aromatic carboxylic acids is 1. The van der Waals surface area contributed by atoms with E-state index in [9.17, 15) is 23.8 Å². The molecule has 2 aromatic rings. The highest BCUT2D eigenvalue weighted by Gasteiger charge is 2.50. The first kappa shape index (κ1) is 14.0. The highest BCUT2D eigenvalue weighted by molar-refractivity contribution is 6.31. The molecule has 0 aliphatic heterocycles. The number of hydrogen-bond acceptors (Lipinski definition) is 2. The second-order valence-corrected chi connectivity index (χ2v) is 5.23. The molecule has 0 heterocycles. The SMILES string of the molecule is O=C(O)c1cc(Cl)cc2c1-c1ccccc1C2(O)C(F)F. The Morgan fingerprint density at radius 3 is 2.48 bits per heavy atom. The third-order valence-corrected chi connectivity index (χ3v) is 3.89. The van der Waals surface area contributed by atoms with Crippen LogP contribution in [0.4, 0.5) is 8.78 Å². The van der Waals surface area contributed by atoms with Crippen molar-refractivity contribution in [3.05, 3.63) is 58.1 Å². The van der Waals surface area contributed by atoms with Gasteiger partial charge in [-0.2, -0.15) is 0 Å². The molecule has 0 saturated carbocycles. The van der Waals surface area contributed by atoms with Gasteiger partial charge < -0.3 is 10.2 Å². The monoisotopic (exact) mass is 310 g/mol. The van der Waals surface area contributed by atoms with Crippen LogP contribution < -0.4 is 0 Å². The van der Waals surface area contributed by atoms with Gasteiger partial charge in [0.2, 0.25) is 0 Å². The number of benzene rings is 2. The standard InChI is InChI=1S/C15H9ClF2O3/c16-7-5-9(13(19)20)12-8-3-1-2-4-10(8)15(21,14(17)18)11(12)6-7/h1-6,14,21H,(H,19,20). The van der Waals surface area contributed by atoms with Gasteiger partial charge in [0.05, 0.1) is 5.56 Å². The summed E-state index contributed by atoms with van der Waals surface area (Å²) in [4.78, 5) is 11.4. The minimum absolute atomic E-state index is 0.0141. The number of fused-ring (bicyclic) bond motifs is 3. The number of rotatable bonds is 2. The smallest absolute Gasteiger partial charge is 0.336 e. The Balaban J connectivity index is 2.47. The van der Waals surface area contributed by atoms with E-state index in [1.165, 1.54) is 30.3 Å². The van der Waals surface area contributed by atoms with Crippen LogP contribution in [0.15, 0.2) is 36.4 Å². The Morgan fingerprint density at radius 1 is 1.19 bits per heavy atom. The lowest BCUT2D eigenvalue weighted by atomic mass is 9.91. The molecule has 0 amide bonds. The van der Waals surface area contributed by atoms with Crippen molar-refractivity contribution in [2.24, 2.45) is 0 Å². The molecule has 1 atom stereocenters. The molecule has 0 bridgehead atoms. The molecule has 3 rings (SSSR count). The van der Waals surface area contributed by atoms with Gasteiger partial charge in [0.1, 0.15) is 0 Å². The Kier molecular flexibility index (Phi) is 3.00. The minimum atomic E-state index is -3.11. The Bertz CT molecular complexity index is 761. The molecule has 0 fully saturated rings. The van der Waals surface area contributed by atoms with Crippen LogP contribution in [-0.4, -0.2) is 22.6 Å². The maximum Gasteiger partial charge on any atom is 0.336 e. The molecule has 0 aromatic heterocycles. The van der Waals surface area contributed by atoms with E-state index >= 15 is 0 Å². The first-order valence-corrected chi connectivity index (χ1v) is 6.43. The summed E-state index contributed by atoms with van der Waals surface area (Å²) < 4.78 is 27.0. The Morgan fingerprint density at radius 2 is 1.86 bits per heavy atom. The molecule has 1 aliphatic carbocycles. The molecule has 21 heavy (non-hydrogen) atoms. The fraction of sp³-hybridized carbons (Fsp3) is 0.133. The first-order valence-electron chi connectivity index (χ1n) is 6.05. The summed E-state index contributed by atoms with van der Waals surface area (Å²) in [6, 6.07) is 8.36. The zero-order valence-corrected chi connectivity index (χ0v) is 11.2. The van der Waals surface area contributed by atoms with Crippen LogP contribution in [0.25, 0.3) is 11.1 Å². The van der Waals surface area contributed by atoms with Crippen molar-refractivity contribution in [3.8, 4) is 11.1 Å². The fourth-order valence-corrected chi connectivity index (χ4v) is 3.00. The average Bonchev–Trinajstić information content (AvgIpc) is 2.69. The number of carboxylic acids is 1. The van der Waals surface area contributed by atoms with E-state index in [1.54, 1.807) is 6.07 Å². The molecular formula is C15H9ClF2O3. The van der Waals surface area contributed by atoms with Gasteiger partial charge in [-0.15, -0.1) is 0 Å². The summed E-state index contributed by atoms with van der Waals surface area (Å²) in [6.07, 6.45) is -3.11. The summed E-state index contributed by atoms with van der Waals surface area (Å²) in [7, 11) is 0. The predicted molar refractivity (Wildman–Crippen MR) is 72.9 cm³/mol. The highest BCUT2D eigenvalue weighted by atomic mass is 35.5. The number of halogens is 3. The van der Waals surface area contributed by atoms with Crippen molar-refractivity contribution >= 4 is 17.6 Å². The lowest BCUT2D eigenvalue weighted by Gasteiger charge is -2.24. The van der Waals surface area contributed by atoms with Crippen molar-refractivity contribution in [1.29, 1.82) is 0 Å². The van der Waals surface area contributed by atoms with Crippen molar-refractivity contribution in [2.75, 3.05) is 0 Å². The van der Waals surface area contributed by atoms with Gasteiger partial charge >= 0.3 is 5.97 Å². The van der Waals surface area contributed by atoms with Crippen LogP contribution in [0.2, 0.25) is 5.02 Å². The molecular weight excluding hydrogens is 302 g/mol. The van der Waals surface area contributed by atoms with Crippen molar-refractivity contribution in [1.82, 2.24) is 0 Å². The van der Waals surface area contributed by atoms with E-state index in [0.29, 0.717) is 0 Å². The van der Waals surface area contributed by atoms with Gasteiger partial charge in [0.15, 0.2) is 5.60 Å². The largest absolute Gasteiger partial charge is 0.478 e. The number of carbonyl (C=O) groups is 1. The number of carboxylic acid groups (broad SMARTS) is 1. The average molecular weight is 311 g/mol. The summed E-state index contributed by atoms with van der Waals surface area (Å²) in [5, 5.41) is 19.8. The van der Waals surface area contributed by atoms with Crippen molar-refractivity contribution < 1.29 is 23.8 Å². The fourth-order valence-electron chi connectivity index (χ4n) is 2.78. The number of hydrogen-bond donors (Lipinski definition) is 2. The second-order valence-electron chi connectivity index (χ2n) is 4.79. The van der Waals surface area contributed by atoms with Crippen LogP contribution >= 0.6 is 11.6 Å². The van der Waals surface area contributed by atoms with E-state index in [4.69, 9.17) is 11.6 Å². The van der Waals surface area contributed by atoms with Crippen LogP contribution in [-0.2, 0) is 5.60 Å². The zero-order valence-electron chi connectivity index (χ0n) is 10.5. The van der Waals surface area contributed by atoms with E-state index < -0.39 is 18.0 Å². The lowest BCUT2D eigenvalue weighted by Crippen LogP contribution is -2.33. The molecule has 0 radical (unpaired) electrons. The zero-order chi connectivity index (χ0) is 15.4. The van der Waals surface area contributed by atoms with Gasteiger partial charge in [-0.05, 0) is 17.7 Å². The molecule has 3 nitrogen and oxygen atoms in total. The summed E-state index contributed by atoms with van der Waals surface area (Å²) >= 11 is 5.83. The van der Waals surface area contributed by atoms with Crippen molar-refractivity contribution in [3.63, 3.8) is 0 Å². The third-order valence-electron chi connectivity index (χ3n) is 3.67. The maximum absolute atomic E-state index is 13.5. The summed E-state index contributed by atoms with van der Waals surface area (Å²) in [6.45, 7) is 0. The van der Waals surface area contributed by atoms with E-state index in [-0.39, 0.29) is 32.8 Å². The molecule has 1 unspecified atom stereocenters. The number of aliphatic hydroxyl groups is 1. The van der Waals surface area contributed by atoms with Crippen LogP contribution in [0.1, 0.15) is 21.5 Å². The van der Waals surface area contributed by atoms with Gasteiger partial charge in [0.25, 0.3) is 6.43 Å². The predicted octanol–water partition coefficient (Wildman–Crippen LogP) is 3.52. The Hall–Kier alpha value is -1.98. The van der Waals surface area contributed by atoms with Gasteiger partial charge in [-0.25, -0.2) is 13.6 Å². The normalized spacial score (nSPS) is 19.5. The minimum Gasteiger partial charge on any atom is -0.478 e. The van der Waals surface area contributed by atoms with E-state index in [0.717, 1.165) is 0 Å². The molecule has 2 N–H and O–H groups in total. The molecule has 0 saturated heterocycles. The maximum atomic E-state index is 13.5. The second kappa shape index (κ2) is 4.51. The topological polar surface area (TPSA) is 57.5 Å². The van der Waals surface area contributed by atoms with E-state index in [1.807, 2.05) is 0 Å². The highest BCUT2D eigenvalue weighted by Crippen LogP contribution is 2.52. The quantitative estimate of drug-likeness (QED) is 0.892. The van der Waals surface area contributed by atoms with Gasteiger partial charge in [0, 0.05) is 21.7 Å². The lowest BCUT2D eigenvalue weighted by molar-refractivity contribution is -0.0688. The Labute approximate surface area is 123 Å². The number of alkyl halides is 2. The van der Waals surface area contributed by atoms with Crippen molar-refractivity contribution in [2.45, 2.75) is 12.0 Å². The first-order chi connectivity index (χ1) is 9.87. The van der Waals surface area contributed by atoms with Gasteiger partial charge in [-0.1, -0.05) is 35.9 Å². The summed E-state index contributed by atoms with van der Waals surface area (Å²) in [5.74, 6) is -1.29. The third kappa shape index (κ3) is 1.78. The molecule has 2 aromatic carbocycles. The van der Waals surface area contributed by atoms with Gasteiger partial charge in [-0.3, -0.25) is 0 Å². The summed E-state index contributed by atoms with van der Waals surface area (Å²) in [5.41, 5.74) is -2.58. The molecule has 108 valence electrons. The van der Waals surface area contributed by atoms with Crippen LogP contribution in [0, 0.1) is 0 Å².